The molecular formula is C19H22N4O5. The lowest BCUT2D eigenvalue weighted by Crippen LogP contribution is -2.45. The van der Waals surface area contributed by atoms with Crippen LogP contribution in [0, 0.1) is 0 Å². The Morgan fingerprint density at radius 2 is 1.82 bits per heavy atom. The number of hydrogen-bond acceptors (Lipinski definition) is 6. The van der Waals surface area contributed by atoms with Gasteiger partial charge in [-0.25, -0.2) is 0 Å². The predicted octanol–water partition coefficient (Wildman–Crippen LogP) is 1.07. The van der Waals surface area contributed by atoms with Crippen LogP contribution in [0.3, 0.4) is 0 Å². The summed E-state index contributed by atoms with van der Waals surface area (Å²) in [6, 6.07) is 10.5. The van der Waals surface area contributed by atoms with Crippen molar-refractivity contribution < 1.29 is 23.5 Å². The Morgan fingerprint density at radius 1 is 1.07 bits per heavy atom. The van der Waals surface area contributed by atoms with E-state index in [0.717, 1.165) is 5.69 Å². The standard InChI is InChI=1S/C19H22N4O5/c1-27-15-6-4-14(5-7-15)21-13-19(26)23-22-18(25)10-11-20-17(24)9-8-16-3-2-12-28-16/h2-9,12,21H,10-11,13H2,1H3,(H,20,24)(H,22,25)(H,23,26)/b9-8+. The average molecular weight is 386 g/mol. The number of hydrazine groups is 1. The number of rotatable bonds is 9. The second-order valence-corrected chi connectivity index (χ2v) is 5.57. The molecule has 0 saturated heterocycles. The van der Waals surface area contributed by atoms with Crippen molar-refractivity contribution in [1.82, 2.24) is 16.2 Å². The lowest BCUT2D eigenvalue weighted by molar-refractivity contribution is -0.128. The molecule has 0 bridgehead atoms. The van der Waals surface area contributed by atoms with Gasteiger partial charge in [0, 0.05) is 24.7 Å². The molecule has 0 unspecified atom stereocenters. The van der Waals surface area contributed by atoms with Crippen molar-refractivity contribution in [3.8, 4) is 5.75 Å². The highest BCUT2D eigenvalue weighted by molar-refractivity contribution is 5.91. The van der Waals surface area contributed by atoms with E-state index >= 15 is 0 Å². The number of carbonyl (C=O) groups is 3. The molecule has 1 heterocycles. The maximum absolute atomic E-state index is 11.7. The molecule has 1 aromatic heterocycles. The molecule has 4 N–H and O–H groups in total. The third-order valence-electron chi connectivity index (χ3n) is 3.48. The highest BCUT2D eigenvalue weighted by Gasteiger charge is 2.05. The summed E-state index contributed by atoms with van der Waals surface area (Å²) >= 11 is 0. The number of methoxy groups -OCH3 is 1. The summed E-state index contributed by atoms with van der Waals surface area (Å²) in [5.41, 5.74) is 5.32. The molecule has 0 fully saturated rings. The van der Waals surface area contributed by atoms with Crippen LogP contribution in [0.15, 0.2) is 53.2 Å². The number of benzene rings is 1. The molecule has 2 aromatic rings. The number of amides is 3. The van der Waals surface area contributed by atoms with E-state index in [1.165, 1.54) is 18.4 Å². The first-order valence-electron chi connectivity index (χ1n) is 8.52. The first kappa shape index (κ1) is 20.6. The van der Waals surface area contributed by atoms with Crippen LogP contribution in [-0.2, 0) is 14.4 Å². The van der Waals surface area contributed by atoms with Gasteiger partial charge in [0.15, 0.2) is 0 Å². The molecule has 3 amide bonds. The number of furan rings is 1. The normalized spacial score (nSPS) is 10.3. The maximum Gasteiger partial charge on any atom is 0.257 e. The second kappa shape index (κ2) is 11.1. The lowest BCUT2D eigenvalue weighted by atomic mass is 10.3. The van der Waals surface area contributed by atoms with E-state index in [9.17, 15) is 14.4 Å². The third-order valence-corrected chi connectivity index (χ3v) is 3.48. The van der Waals surface area contributed by atoms with Gasteiger partial charge >= 0.3 is 0 Å². The van der Waals surface area contributed by atoms with Gasteiger partial charge in [0.2, 0.25) is 11.8 Å². The van der Waals surface area contributed by atoms with E-state index < -0.39 is 11.8 Å². The summed E-state index contributed by atoms with van der Waals surface area (Å²) in [6.45, 7) is 0.119. The Morgan fingerprint density at radius 3 is 2.50 bits per heavy atom. The van der Waals surface area contributed by atoms with Gasteiger partial charge in [0.1, 0.15) is 11.5 Å². The van der Waals surface area contributed by atoms with Crippen molar-refractivity contribution in [2.75, 3.05) is 25.5 Å². The summed E-state index contributed by atoms with van der Waals surface area (Å²) in [6.07, 6.45) is 4.35. The van der Waals surface area contributed by atoms with Crippen LogP contribution < -0.4 is 26.2 Å². The van der Waals surface area contributed by atoms with E-state index in [2.05, 4.69) is 21.5 Å². The summed E-state index contributed by atoms with van der Waals surface area (Å²) < 4.78 is 10.1. The minimum absolute atomic E-state index is 0.0130. The van der Waals surface area contributed by atoms with Crippen LogP contribution in [0.4, 0.5) is 5.69 Å². The number of hydrogen-bond donors (Lipinski definition) is 4. The molecule has 9 heteroatoms. The zero-order valence-electron chi connectivity index (χ0n) is 15.4. The Bertz CT molecular complexity index is 800. The molecule has 1 aromatic carbocycles. The van der Waals surface area contributed by atoms with Crippen molar-refractivity contribution in [1.29, 1.82) is 0 Å². The average Bonchev–Trinajstić information content (AvgIpc) is 3.23. The Labute approximate surface area is 162 Å². The Balaban J connectivity index is 1.57. The maximum atomic E-state index is 11.7. The SMILES string of the molecule is COc1ccc(NCC(=O)NNC(=O)CCNC(=O)/C=C/c2ccco2)cc1. The number of nitrogens with one attached hydrogen (secondary N) is 4. The summed E-state index contributed by atoms with van der Waals surface area (Å²) in [7, 11) is 1.57. The first-order valence-corrected chi connectivity index (χ1v) is 8.52. The molecule has 0 aliphatic rings. The predicted molar refractivity (Wildman–Crippen MR) is 103 cm³/mol. The minimum atomic E-state index is -0.423. The fraction of sp³-hybridized carbons (Fsp3) is 0.211. The van der Waals surface area contributed by atoms with Crippen LogP contribution in [0.2, 0.25) is 0 Å². The van der Waals surface area contributed by atoms with Gasteiger partial charge in [-0.15, -0.1) is 0 Å². The zero-order chi connectivity index (χ0) is 20.2. The van der Waals surface area contributed by atoms with E-state index in [1.54, 1.807) is 43.5 Å². The Hall–Kier alpha value is -3.75. The fourth-order valence-electron chi connectivity index (χ4n) is 2.04. The van der Waals surface area contributed by atoms with Gasteiger partial charge in [-0.1, -0.05) is 0 Å². The van der Waals surface area contributed by atoms with Crippen molar-refractivity contribution in [2.45, 2.75) is 6.42 Å². The van der Waals surface area contributed by atoms with Crippen LogP contribution in [0.25, 0.3) is 6.08 Å². The van der Waals surface area contributed by atoms with Crippen LogP contribution in [-0.4, -0.2) is 37.9 Å². The molecule has 0 atom stereocenters. The van der Waals surface area contributed by atoms with Crippen molar-refractivity contribution >= 4 is 29.5 Å². The van der Waals surface area contributed by atoms with Crippen LogP contribution in [0.5, 0.6) is 5.75 Å². The molecular weight excluding hydrogens is 364 g/mol. The van der Waals surface area contributed by atoms with E-state index in [-0.39, 0.29) is 25.4 Å². The van der Waals surface area contributed by atoms with E-state index in [4.69, 9.17) is 9.15 Å². The Kier molecular flexibility index (Phi) is 8.13. The molecule has 28 heavy (non-hydrogen) atoms. The minimum Gasteiger partial charge on any atom is -0.497 e. The smallest absolute Gasteiger partial charge is 0.257 e. The van der Waals surface area contributed by atoms with E-state index in [1.807, 2.05) is 0 Å². The zero-order valence-corrected chi connectivity index (χ0v) is 15.4. The molecule has 0 aliphatic carbocycles. The monoisotopic (exact) mass is 386 g/mol. The van der Waals surface area contributed by atoms with Crippen LogP contribution in [0.1, 0.15) is 12.2 Å². The topological polar surface area (TPSA) is 122 Å². The molecule has 0 radical (unpaired) electrons. The quantitative estimate of drug-likeness (QED) is 0.378. The van der Waals surface area contributed by atoms with Crippen molar-refractivity contribution in [2.24, 2.45) is 0 Å². The van der Waals surface area contributed by atoms with Gasteiger partial charge in [0.05, 0.1) is 19.9 Å². The second-order valence-electron chi connectivity index (χ2n) is 5.57. The lowest BCUT2D eigenvalue weighted by Gasteiger charge is -2.09. The number of anilines is 1. The van der Waals surface area contributed by atoms with Crippen LogP contribution >= 0.6 is 0 Å². The number of ether oxygens (including phenoxy) is 1. The summed E-state index contributed by atoms with van der Waals surface area (Å²) in [5.74, 6) is 0.0873. The molecule has 0 spiro atoms. The highest BCUT2D eigenvalue weighted by atomic mass is 16.5. The fourth-order valence-corrected chi connectivity index (χ4v) is 2.04. The highest BCUT2D eigenvalue weighted by Crippen LogP contribution is 2.14. The van der Waals surface area contributed by atoms with Crippen molar-refractivity contribution in [3.05, 3.63) is 54.5 Å². The molecule has 2 rings (SSSR count). The van der Waals surface area contributed by atoms with Gasteiger partial charge in [-0.2, -0.15) is 0 Å². The van der Waals surface area contributed by atoms with Gasteiger partial charge < -0.3 is 19.8 Å². The number of carbonyl (C=O) groups excluding carboxylic acids is 3. The molecule has 9 nitrogen and oxygen atoms in total. The van der Waals surface area contributed by atoms with Gasteiger partial charge in [0.25, 0.3) is 5.91 Å². The van der Waals surface area contributed by atoms with E-state index in [0.29, 0.717) is 11.5 Å². The van der Waals surface area contributed by atoms with Gasteiger partial charge in [-0.3, -0.25) is 25.2 Å². The molecule has 0 saturated carbocycles. The third kappa shape index (κ3) is 7.65. The first-order chi connectivity index (χ1) is 13.6. The summed E-state index contributed by atoms with van der Waals surface area (Å²) in [4.78, 5) is 35.0. The van der Waals surface area contributed by atoms with Crippen molar-refractivity contribution in [3.63, 3.8) is 0 Å². The largest absolute Gasteiger partial charge is 0.497 e. The molecule has 0 aliphatic heterocycles. The summed E-state index contributed by atoms with van der Waals surface area (Å²) in [5, 5.41) is 5.47. The molecule has 148 valence electrons. The van der Waals surface area contributed by atoms with Gasteiger partial charge in [-0.05, 0) is 42.5 Å².